The van der Waals surface area contributed by atoms with Gasteiger partial charge in [0.25, 0.3) is 5.91 Å². The quantitative estimate of drug-likeness (QED) is 0.566. The van der Waals surface area contributed by atoms with E-state index in [0.29, 0.717) is 11.7 Å². The lowest BCUT2D eigenvalue weighted by Gasteiger charge is -2.04. The van der Waals surface area contributed by atoms with E-state index in [1.54, 1.807) is 0 Å². The lowest BCUT2D eigenvalue weighted by Crippen LogP contribution is -2.23. The molecule has 2 aromatic rings. The van der Waals surface area contributed by atoms with Crippen LogP contribution in [0.3, 0.4) is 0 Å². The Morgan fingerprint density at radius 1 is 1.12 bits per heavy atom. The maximum Gasteiger partial charge on any atom is 0.287 e. The minimum atomic E-state index is -0.106. The first-order valence-corrected chi connectivity index (χ1v) is 9.40. The van der Waals surface area contributed by atoms with Crippen molar-refractivity contribution < 1.29 is 9.21 Å². The number of hydrogen-bond donors (Lipinski definition) is 1. The van der Waals surface area contributed by atoms with Crippen LogP contribution >= 0.6 is 0 Å². The Morgan fingerprint density at radius 2 is 1.92 bits per heavy atom. The van der Waals surface area contributed by atoms with Crippen LogP contribution in [-0.2, 0) is 6.42 Å². The smallest absolute Gasteiger partial charge is 0.287 e. The molecule has 24 heavy (non-hydrogen) atoms. The summed E-state index contributed by atoms with van der Waals surface area (Å²) in [5, 5.41) is 3.98. The van der Waals surface area contributed by atoms with Gasteiger partial charge in [-0.2, -0.15) is 0 Å². The summed E-state index contributed by atoms with van der Waals surface area (Å²) >= 11 is 0. The summed E-state index contributed by atoms with van der Waals surface area (Å²) in [5.74, 6) is 1.01. The second-order valence-electron chi connectivity index (χ2n) is 7.09. The highest BCUT2D eigenvalue weighted by molar-refractivity contribution is 5.96. The fourth-order valence-electron chi connectivity index (χ4n) is 2.83. The molecule has 1 aromatic heterocycles. The Hall–Kier alpha value is -1.77. The summed E-state index contributed by atoms with van der Waals surface area (Å²) in [7, 11) is 0. The molecule has 0 fully saturated rings. The molecule has 0 bridgehead atoms. The van der Waals surface area contributed by atoms with E-state index in [4.69, 9.17) is 4.42 Å². The van der Waals surface area contributed by atoms with Crippen LogP contribution in [0.4, 0.5) is 0 Å². The van der Waals surface area contributed by atoms with Crippen molar-refractivity contribution in [3.63, 3.8) is 0 Å². The van der Waals surface area contributed by atoms with Crippen molar-refractivity contribution in [2.24, 2.45) is 5.92 Å². The van der Waals surface area contributed by atoms with Gasteiger partial charge in [-0.25, -0.2) is 0 Å². The van der Waals surface area contributed by atoms with Crippen LogP contribution < -0.4 is 5.32 Å². The topological polar surface area (TPSA) is 42.2 Å². The first kappa shape index (κ1) is 18.6. The monoisotopic (exact) mass is 329 g/mol. The predicted molar refractivity (Wildman–Crippen MR) is 100 cm³/mol. The molecule has 0 aliphatic heterocycles. The molecule has 0 spiro atoms. The van der Waals surface area contributed by atoms with Gasteiger partial charge in [0.2, 0.25) is 0 Å². The third-order valence-corrected chi connectivity index (χ3v) is 4.38. The van der Waals surface area contributed by atoms with Crippen molar-refractivity contribution in [1.82, 2.24) is 5.32 Å². The SMILES string of the molecule is CCCCCCCNC(=O)c1cc2cc(CCC(C)C)ccc2o1. The van der Waals surface area contributed by atoms with Gasteiger partial charge in [0, 0.05) is 11.9 Å². The Bertz CT molecular complexity index is 642. The minimum absolute atomic E-state index is 0.106. The number of rotatable bonds is 10. The normalized spacial score (nSPS) is 11.3. The Balaban J connectivity index is 1.88. The van der Waals surface area contributed by atoms with Gasteiger partial charge in [-0.05, 0) is 48.9 Å². The molecule has 1 N–H and O–H groups in total. The van der Waals surface area contributed by atoms with Crippen LogP contribution in [0.2, 0.25) is 0 Å². The van der Waals surface area contributed by atoms with E-state index in [-0.39, 0.29) is 5.91 Å². The average molecular weight is 329 g/mol. The van der Waals surface area contributed by atoms with Gasteiger partial charge < -0.3 is 9.73 Å². The van der Waals surface area contributed by atoms with E-state index in [1.807, 2.05) is 12.1 Å². The zero-order valence-electron chi connectivity index (χ0n) is 15.4. The highest BCUT2D eigenvalue weighted by Crippen LogP contribution is 2.22. The van der Waals surface area contributed by atoms with Crippen molar-refractivity contribution in [3.05, 3.63) is 35.6 Å². The van der Waals surface area contributed by atoms with E-state index < -0.39 is 0 Å². The van der Waals surface area contributed by atoms with Gasteiger partial charge in [0.15, 0.2) is 5.76 Å². The summed E-state index contributed by atoms with van der Waals surface area (Å²) in [4.78, 5) is 12.2. The maximum atomic E-state index is 12.2. The first-order valence-electron chi connectivity index (χ1n) is 9.40. The summed E-state index contributed by atoms with van der Waals surface area (Å²) in [6.07, 6.45) is 8.21. The van der Waals surface area contributed by atoms with Crippen molar-refractivity contribution in [1.29, 1.82) is 0 Å². The molecule has 2 rings (SSSR count). The zero-order chi connectivity index (χ0) is 17.4. The molecule has 0 atom stereocenters. The number of furan rings is 1. The molecule has 0 saturated carbocycles. The molecule has 1 heterocycles. The highest BCUT2D eigenvalue weighted by atomic mass is 16.3. The Labute approximate surface area is 145 Å². The van der Waals surface area contributed by atoms with Gasteiger partial charge in [-0.15, -0.1) is 0 Å². The van der Waals surface area contributed by atoms with Crippen molar-refractivity contribution in [2.45, 2.75) is 65.7 Å². The first-order chi connectivity index (χ1) is 11.6. The third kappa shape index (κ3) is 5.70. The minimum Gasteiger partial charge on any atom is -0.451 e. The van der Waals surface area contributed by atoms with Gasteiger partial charge in [-0.1, -0.05) is 52.5 Å². The predicted octanol–water partition coefficient (Wildman–Crippen LogP) is 5.72. The number of carbonyl (C=O) groups excluding carboxylic acids is 1. The Morgan fingerprint density at radius 3 is 2.67 bits per heavy atom. The van der Waals surface area contributed by atoms with E-state index in [0.717, 1.165) is 30.4 Å². The number of amides is 1. The molecule has 0 aliphatic carbocycles. The number of carbonyl (C=O) groups is 1. The second-order valence-corrected chi connectivity index (χ2v) is 7.09. The Kier molecular flexibility index (Phi) is 7.36. The van der Waals surface area contributed by atoms with Crippen LogP contribution in [0.5, 0.6) is 0 Å². The van der Waals surface area contributed by atoms with E-state index in [2.05, 4.69) is 38.2 Å². The fraction of sp³-hybridized carbons (Fsp3) is 0.571. The number of nitrogens with one attached hydrogen (secondary N) is 1. The average Bonchev–Trinajstić information content (AvgIpc) is 2.99. The zero-order valence-corrected chi connectivity index (χ0v) is 15.4. The number of unbranched alkanes of at least 4 members (excludes halogenated alkanes) is 4. The molecule has 0 unspecified atom stereocenters. The number of aryl methyl sites for hydroxylation is 1. The third-order valence-electron chi connectivity index (χ3n) is 4.38. The maximum absolute atomic E-state index is 12.2. The molecule has 1 aromatic carbocycles. The number of hydrogen-bond acceptors (Lipinski definition) is 2. The number of fused-ring (bicyclic) bond motifs is 1. The fourth-order valence-corrected chi connectivity index (χ4v) is 2.83. The number of benzene rings is 1. The van der Waals surface area contributed by atoms with Gasteiger partial charge >= 0.3 is 0 Å². The highest BCUT2D eigenvalue weighted by Gasteiger charge is 2.12. The molecular weight excluding hydrogens is 298 g/mol. The van der Waals surface area contributed by atoms with Gasteiger partial charge in [0.05, 0.1) is 0 Å². The van der Waals surface area contributed by atoms with Gasteiger partial charge in [-0.3, -0.25) is 4.79 Å². The van der Waals surface area contributed by atoms with Crippen LogP contribution in [-0.4, -0.2) is 12.5 Å². The molecular formula is C21H31NO2. The molecule has 132 valence electrons. The van der Waals surface area contributed by atoms with E-state index in [9.17, 15) is 4.79 Å². The lowest BCUT2D eigenvalue weighted by molar-refractivity contribution is 0.0927. The largest absolute Gasteiger partial charge is 0.451 e. The summed E-state index contributed by atoms with van der Waals surface area (Å²) in [6, 6.07) is 8.08. The van der Waals surface area contributed by atoms with Crippen molar-refractivity contribution in [2.75, 3.05) is 6.54 Å². The standard InChI is InChI=1S/C21H31NO2/c1-4-5-6-7-8-13-22-21(23)20-15-18-14-17(10-9-16(2)3)11-12-19(18)24-20/h11-12,14-16H,4-10,13H2,1-3H3,(H,22,23). The lowest BCUT2D eigenvalue weighted by atomic mass is 10.0. The van der Waals surface area contributed by atoms with Crippen molar-refractivity contribution in [3.8, 4) is 0 Å². The molecule has 3 nitrogen and oxygen atoms in total. The summed E-state index contributed by atoms with van der Waals surface area (Å²) in [5.41, 5.74) is 2.09. The van der Waals surface area contributed by atoms with Crippen LogP contribution in [0.1, 0.15) is 75.4 Å². The van der Waals surface area contributed by atoms with Crippen LogP contribution in [0, 0.1) is 5.92 Å². The van der Waals surface area contributed by atoms with E-state index >= 15 is 0 Å². The second kappa shape index (κ2) is 9.51. The van der Waals surface area contributed by atoms with Crippen LogP contribution in [0.15, 0.2) is 28.7 Å². The van der Waals surface area contributed by atoms with E-state index in [1.165, 1.54) is 37.7 Å². The summed E-state index contributed by atoms with van der Waals surface area (Å²) < 4.78 is 5.69. The molecule has 1 amide bonds. The van der Waals surface area contributed by atoms with Crippen LogP contribution in [0.25, 0.3) is 11.0 Å². The summed E-state index contributed by atoms with van der Waals surface area (Å²) in [6.45, 7) is 7.40. The van der Waals surface area contributed by atoms with Gasteiger partial charge in [0.1, 0.15) is 5.58 Å². The molecule has 3 heteroatoms. The molecule has 0 radical (unpaired) electrons. The molecule has 0 aliphatic rings. The van der Waals surface area contributed by atoms with Crippen molar-refractivity contribution >= 4 is 16.9 Å². The molecule has 0 saturated heterocycles.